The van der Waals surface area contributed by atoms with Crippen LogP contribution >= 0.6 is 11.6 Å². The van der Waals surface area contributed by atoms with Gasteiger partial charge in [0.1, 0.15) is 11.6 Å². The van der Waals surface area contributed by atoms with Gasteiger partial charge in [0, 0.05) is 18.0 Å². The minimum Gasteiger partial charge on any atom is -0.352 e. The molecule has 1 N–H and O–H groups in total. The van der Waals surface area contributed by atoms with E-state index in [1.807, 2.05) is 0 Å². The number of halogens is 3. The number of nitrogens with one attached hydrogen (secondary N) is 1. The van der Waals surface area contributed by atoms with Crippen LogP contribution in [0.5, 0.6) is 0 Å². The fourth-order valence-electron chi connectivity index (χ4n) is 2.38. The number of rotatable bonds is 3. The molecule has 1 aliphatic carbocycles. The van der Waals surface area contributed by atoms with Crippen molar-refractivity contribution in [3.63, 3.8) is 0 Å². The highest BCUT2D eigenvalue weighted by Gasteiger charge is 2.24. The summed E-state index contributed by atoms with van der Waals surface area (Å²) in [5.41, 5.74) is -0.136. The van der Waals surface area contributed by atoms with Crippen LogP contribution in [0.3, 0.4) is 0 Å². The van der Waals surface area contributed by atoms with E-state index in [4.69, 9.17) is 11.6 Å². The lowest BCUT2D eigenvalue weighted by Crippen LogP contribution is -2.35. The molecule has 0 bridgehead atoms. The van der Waals surface area contributed by atoms with Gasteiger partial charge in [-0.2, -0.15) is 0 Å². The number of benzene rings is 1. The van der Waals surface area contributed by atoms with E-state index in [-0.39, 0.29) is 16.9 Å². The molecular formula is C14H16ClF2NO. The number of carbonyl (C=O) groups is 1. The maximum Gasteiger partial charge on any atom is 0.254 e. The molecule has 2 rings (SSSR count). The average molecular weight is 288 g/mol. The Balaban J connectivity index is 1.93. The van der Waals surface area contributed by atoms with Crippen molar-refractivity contribution < 1.29 is 13.6 Å². The van der Waals surface area contributed by atoms with Gasteiger partial charge in [0.15, 0.2) is 0 Å². The largest absolute Gasteiger partial charge is 0.352 e. The maximum atomic E-state index is 13.4. The molecule has 0 saturated heterocycles. The summed E-state index contributed by atoms with van der Waals surface area (Å²) in [6, 6.07) is 2.93. The Hall–Kier alpha value is -1.16. The van der Waals surface area contributed by atoms with Crippen molar-refractivity contribution >= 4 is 17.5 Å². The molecule has 2 unspecified atom stereocenters. The summed E-state index contributed by atoms with van der Waals surface area (Å²) in [7, 11) is 0. The van der Waals surface area contributed by atoms with Crippen molar-refractivity contribution in [3.8, 4) is 0 Å². The van der Waals surface area contributed by atoms with E-state index in [0.29, 0.717) is 12.6 Å². The zero-order chi connectivity index (χ0) is 13.8. The van der Waals surface area contributed by atoms with Gasteiger partial charge in [-0.15, -0.1) is 11.6 Å². The number of hydrogen-bond donors (Lipinski definition) is 1. The van der Waals surface area contributed by atoms with E-state index in [1.165, 1.54) is 0 Å². The van der Waals surface area contributed by atoms with Gasteiger partial charge in [0.2, 0.25) is 0 Å². The Morgan fingerprint density at radius 3 is 2.74 bits per heavy atom. The lowest BCUT2D eigenvalue weighted by atomic mass is 9.88. The van der Waals surface area contributed by atoms with Crippen LogP contribution in [0, 0.1) is 17.6 Å². The van der Waals surface area contributed by atoms with Gasteiger partial charge in [0.05, 0.1) is 5.56 Å². The topological polar surface area (TPSA) is 29.1 Å². The van der Waals surface area contributed by atoms with Crippen LogP contribution in [0.25, 0.3) is 0 Å². The molecule has 0 aliphatic heterocycles. The first-order chi connectivity index (χ1) is 9.08. The van der Waals surface area contributed by atoms with Crippen molar-refractivity contribution in [1.82, 2.24) is 5.32 Å². The van der Waals surface area contributed by atoms with Gasteiger partial charge in [-0.1, -0.05) is 12.8 Å². The van der Waals surface area contributed by atoms with Crippen molar-refractivity contribution in [2.45, 2.75) is 31.1 Å². The lowest BCUT2D eigenvalue weighted by molar-refractivity contribution is 0.0940. The van der Waals surface area contributed by atoms with Crippen molar-refractivity contribution in [2.24, 2.45) is 5.92 Å². The zero-order valence-corrected chi connectivity index (χ0v) is 11.2. The summed E-state index contributed by atoms with van der Waals surface area (Å²) in [4.78, 5) is 11.8. The summed E-state index contributed by atoms with van der Waals surface area (Å²) < 4.78 is 26.2. The predicted molar refractivity (Wildman–Crippen MR) is 70.3 cm³/mol. The highest BCUT2D eigenvalue weighted by molar-refractivity contribution is 6.20. The molecule has 104 valence electrons. The minimum absolute atomic E-state index is 0.0621. The Labute approximate surface area is 116 Å². The van der Waals surface area contributed by atoms with Crippen molar-refractivity contribution in [2.75, 3.05) is 6.54 Å². The third-order valence-corrected chi connectivity index (χ3v) is 4.09. The minimum atomic E-state index is -0.844. The second-order valence-electron chi connectivity index (χ2n) is 4.89. The standard InChI is InChI=1S/C14H16ClF2NO/c15-12-4-2-1-3-9(12)8-18-14(19)11-6-5-10(16)7-13(11)17/h5-7,9,12H,1-4,8H2,(H,18,19). The smallest absolute Gasteiger partial charge is 0.254 e. The lowest BCUT2D eigenvalue weighted by Gasteiger charge is -2.27. The van der Waals surface area contributed by atoms with Crippen LogP contribution < -0.4 is 5.32 Å². The number of alkyl halides is 1. The summed E-state index contributed by atoms with van der Waals surface area (Å²) in [6.45, 7) is 0.434. The normalized spacial score (nSPS) is 23.1. The Morgan fingerprint density at radius 1 is 1.32 bits per heavy atom. The first kappa shape index (κ1) is 14.3. The molecule has 5 heteroatoms. The molecule has 1 fully saturated rings. The summed E-state index contributed by atoms with van der Waals surface area (Å²) in [5, 5.41) is 2.74. The van der Waals surface area contributed by atoms with Crippen LogP contribution in [0.15, 0.2) is 18.2 Å². The van der Waals surface area contributed by atoms with E-state index in [2.05, 4.69) is 5.32 Å². The monoisotopic (exact) mass is 287 g/mol. The molecule has 1 aromatic carbocycles. The molecule has 19 heavy (non-hydrogen) atoms. The fourth-order valence-corrected chi connectivity index (χ4v) is 2.75. The van der Waals surface area contributed by atoms with Crippen LogP contribution in [0.1, 0.15) is 36.0 Å². The Morgan fingerprint density at radius 2 is 2.05 bits per heavy atom. The number of carbonyl (C=O) groups excluding carboxylic acids is 1. The molecule has 1 aromatic rings. The van der Waals surface area contributed by atoms with Gasteiger partial charge in [-0.05, 0) is 30.9 Å². The van der Waals surface area contributed by atoms with Gasteiger partial charge in [-0.3, -0.25) is 4.79 Å². The van der Waals surface area contributed by atoms with Gasteiger partial charge < -0.3 is 5.32 Å². The second kappa shape index (κ2) is 6.33. The van der Waals surface area contributed by atoms with Crippen LogP contribution in [0.4, 0.5) is 8.78 Å². The molecule has 2 atom stereocenters. The Kier molecular flexibility index (Phi) is 4.75. The van der Waals surface area contributed by atoms with Crippen molar-refractivity contribution in [1.29, 1.82) is 0 Å². The predicted octanol–water partition coefficient (Wildman–Crippen LogP) is 3.49. The van der Waals surface area contributed by atoms with Gasteiger partial charge >= 0.3 is 0 Å². The number of amides is 1. The summed E-state index contributed by atoms with van der Waals surface area (Å²) >= 11 is 6.19. The van der Waals surface area contributed by atoms with Gasteiger partial charge in [-0.25, -0.2) is 8.78 Å². The third kappa shape index (κ3) is 3.66. The molecule has 2 nitrogen and oxygen atoms in total. The third-order valence-electron chi connectivity index (χ3n) is 3.52. The van der Waals surface area contributed by atoms with Gasteiger partial charge in [0.25, 0.3) is 5.91 Å². The van der Waals surface area contributed by atoms with E-state index < -0.39 is 17.5 Å². The van der Waals surface area contributed by atoms with Crippen LogP contribution in [-0.2, 0) is 0 Å². The first-order valence-corrected chi connectivity index (χ1v) is 6.89. The van der Waals surface area contributed by atoms with Crippen molar-refractivity contribution in [3.05, 3.63) is 35.4 Å². The number of hydrogen-bond acceptors (Lipinski definition) is 1. The zero-order valence-electron chi connectivity index (χ0n) is 10.5. The molecule has 0 heterocycles. The van der Waals surface area contributed by atoms with E-state index in [1.54, 1.807) is 0 Å². The molecular weight excluding hydrogens is 272 g/mol. The second-order valence-corrected chi connectivity index (χ2v) is 5.46. The highest BCUT2D eigenvalue weighted by Crippen LogP contribution is 2.28. The molecule has 0 radical (unpaired) electrons. The summed E-state index contributed by atoms with van der Waals surface area (Å²) in [5.74, 6) is -1.83. The maximum absolute atomic E-state index is 13.4. The quantitative estimate of drug-likeness (QED) is 0.847. The molecule has 1 aliphatic rings. The van der Waals surface area contributed by atoms with Crippen LogP contribution in [0.2, 0.25) is 0 Å². The summed E-state index contributed by atoms with van der Waals surface area (Å²) in [6.07, 6.45) is 4.15. The average Bonchev–Trinajstić information content (AvgIpc) is 2.37. The van der Waals surface area contributed by atoms with E-state index >= 15 is 0 Å². The molecule has 0 aromatic heterocycles. The first-order valence-electron chi connectivity index (χ1n) is 6.45. The molecule has 1 amide bonds. The van der Waals surface area contributed by atoms with E-state index in [0.717, 1.165) is 37.8 Å². The highest BCUT2D eigenvalue weighted by atomic mass is 35.5. The Bertz CT molecular complexity index is 467. The SMILES string of the molecule is O=C(NCC1CCCCC1Cl)c1ccc(F)cc1F. The van der Waals surface area contributed by atoms with Crippen LogP contribution in [-0.4, -0.2) is 17.8 Å². The molecule has 0 spiro atoms. The fraction of sp³-hybridized carbons (Fsp3) is 0.500. The van der Waals surface area contributed by atoms with E-state index in [9.17, 15) is 13.6 Å². The molecule has 1 saturated carbocycles.